The fourth-order valence-electron chi connectivity index (χ4n) is 2.99. The fraction of sp³-hybridized carbons (Fsp3) is 0.600. The minimum atomic E-state index is -0.111. The third-order valence-electron chi connectivity index (χ3n) is 4.00. The van der Waals surface area contributed by atoms with Crippen molar-refractivity contribution >= 4 is 0 Å². The van der Waals surface area contributed by atoms with Gasteiger partial charge in [-0.1, -0.05) is 12.1 Å². The Kier molecular flexibility index (Phi) is 4.40. The van der Waals surface area contributed by atoms with Crippen molar-refractivity contribution in [3.8, 4) is 11.5 Å². The summed E-state index contributed by atoms with van der Waals surface area (Å²) in [7, 11) is 0. The number of piperidine rings is 1. The Morgan fingerprint density at radius 2 is 1.95 bits per heavy atom. The van der Waals surface area contributed by atoms with Crippen LogP contribution in [-0.2, 0) is 0 Å². The monoisotopic (exact) mass is 278 g/mol. The van der Waals surface area contributed by atoms with Gasteiger partial charge in [0.2, 0.25) is 0 Å². The lowest BCUT2D eigenvalue weighted by Crippen LogP contribution is -2.54. The van der Waals surface area contributed by atoms with E-state index in [1.54, 1.807) is 0 Å². The Hall–Kier alpha value is -1.30. The van der Waals surface area contributed by atoms with Crippen molar-refractivity contribution in [1.29, 1.82) is 0 Å². The molecule has 2 N–H and O–H groups in total. The van der Waals surface area contributed by atoms with Gasteiger partial charge in [0.25, 0.3) is 0 Å². The number of ether oxygens (including phenoxy) is 2. The maximum absolute atomic E-state index is 9.34. The summed E-state index contributed by atoms with van der Waals surface area (Å²) in [4.78, 5) is 2.25. The normalized spacial score (nSPS) is 23.0. The van der Waals surface area contributed by atoms with Crippen molar-refractivity contribution in [3.05, 3.63) is 24.3 Å². The molecule has 1 saturated heterocycles. The lowest BCUT2D eigenvalue weighted by atomic mass is 10.0. The molecule has 0 bridgehead atoms. The number of aliphatic hydroxyl groups excluding tert-OH is 1. The van der Waals surface area contributed by atoms with Gasteiger partial charge in [0.1, 0.15) is 6.61 Å². The van der Waals surface area contributed by atoms with Crippen LogP contribution in [0.15, 0.2) is 24.3 Å². The average molecular weight is 278 g/mol. The van der Waals surface area contributed by atoms with E-state index in [9.17, 15) is 5.11 Å². The molecular weight excluding hydrogens is 256 g/mol. The Morgan fingerprint density at radius 3 is 2.70 bits per heavy atom. The topological polar surface area (TPSA) is 54.0 Å². The second-order valence-electron chi connectivity index (χ2n) is 5.27. The largest absolute Gasteiger partial charge is 0.484 e. The first-order valence-corrected chi connectivity index (χ1v) is 7.34. The molecule has 2 heterocycles. The van der Waals surface area contributed by atoms with E-state index in [0.717, 1.165) is 37.4 Å². The first-order valence-electron chi connectivity index (χ1n) is 7.34. The van der Waals surface area contributed by atoms with Gasteiger partial charge in [-0.05, 0) is 38.1 Å². The molecule has 5 nitrogen and oxygen atoms in total. The van der Waals surface area contributed by atoms with E-state index >= 15 is 0 Å². The van der Waals surface area contributed by atoms with E-state index in [1.807, 2.05) is 24.3 Å². The second kappa shape index (κ2) is 6.43. The van der Waals surface area contributed by atoms with E-state index in [2.05, 4.69) is 10.2 Å². The summed E-state index contributed by atoms with van der Waals surface area (Å²) in [5.41, 5.74) is 0. The molecule has 0 radical (unpaired) electrons. The number of aliphatic hydroxyl groups is 1. The summed E-state index contributed by atoms with van der Waals surface area (Å²) in [6.45, 7) is 3.33. The molecule has 1 unspecified atom stereocenters. The fourth-order valence-corrected chi connectivity index (χ4v) is 2.99. The van der Waals surface area contributed by atoms with E-state index in [4.69, 9.17) is 9.47 Å². The van der Waals surface area contributed by atoms with E-state index < -0.39 is 0 Å². The molecule has 0 amide bonds. The molecule has 1 aromatic rings. The molecule has 0 saturated carbocycles. The van der Waals surface area contributed by atoms with Gasteiger partial charge in [0, 0.05) is 12.6 Å². The lowest BCUT2D eigenvalue weighted by Gasteiger charge is -2.41. The number of hydrogen-bond donors (Lipinski definition) is 2. The number of nitrogens with zero attached hydrogens (tertiary/aromatic N) is 1. The summed E-state index contributed by atoms with van der Waals surface area (Å²) in [5, 5.41) is 12.7. The highest BCUT2D eigenvalue weighted by Gasteiger charge is 2.32. The maximum Gasteiger partial charge on any atom is 0.187 e. The maximum atomic E-state index is 9.34. The van der Waals surface area contributed by atoms with Crippen LogP contribution in [0.2, 0.25) is 0 Å². The number of fused-ring (bicyclic) bond motifs is 1. The molecular formula is C15H22N2O3. The standard InChI is InChI=1S/C15H22N2O3/c18-10-9-17(12-5-7-16-8-6-12)15-11-19-13-3-1-2-4-14(13)20-15/h1-4,12,15-16,18H,5-11H2. The number of para-hydroxylation sites is 2. The second-order valence-corrected chi connectivity index (χ2v) is 5.27. The Balaban J connectivity index is 1.72. The predicted octanol–water partition coefficient (Wildman–Crippen LogP) is 0.830. The van der Waals surface area contributed by atoms with Gasteiger partial charge in [-0.15, -0.1) is 0 Å². The Bertz CT molecular complexity index is 435. The lowest BCUT2D eigenvalue weighted by molar-refractivity contribution is -0.0625. The molecule has 1 atom stereocenters. The van der Waals surface area contributed by atoms with Crippen LogP contribution in [0.4, 0.5) is 0 Å². The van der Waals surface area contributed by atoms with Crippen molar-refractivity contribution in [2.45, 2.75) is 25.1 Å². The zero-order valence-electron chi connectivity index (χ0n) is 11.6. The van der Waals surface area contributed by atoms with Crippen molar-refractivity contribution < 1.29 is 14.6 Å². The highest BCUT2D eigenvalue weighted by molar-refractivity contribution is 5.40. The van der Waals surface area contributed by atoms with Crippen molar-refractivity contribution in [3.63, 3.8) is 0 Å². The number of rotatable bonds is 4. The molecule has 2 aliphatic heterocycles. The van der Waals surface area contributed by atoms with Crippen LogP contribution in [-0.4, -0.2) is 55.1 Å². The molecule has 5 heteroatoms. The summed E-state index contributed by atoms with van der Waals surface area (Å²) in [6, 6.07) is 8.20. The third kappa shape index (κ3) is 2.90. The van der Waals surface area contributed by atoms with Crippen LogP contribution >= 0.6 is 0 Å². The molecule has 0 aromatic heterocycles. The van der Waals surface area contributed by atoms with E-state index in [0.29, 0.717) is 19.2 Å². The van der Waals surface area contributed by atoms with Crippen LogP contribution in [0.1, 0.15) is 12.8 Å². The molecule has 1 fully saturated rings. The molecule has 0 aliphatic carbocycles. The number of nitrogens with one attached hydrogen (secondary N) is 1. The first-order chi connectivity index (χ1) is 9.88. The Morgan fingerprint density at radius 1 is 1.20 bits per heavy atom. The summed E-state index contributed by atoms with van der Waals surface area (Å²) < 4.78 is 11.9. The minimum absolute atomic E-state index is 0.111. The quantitative estimate of drug-likeness (QED) is 0.854. The number of benzene rings is 1. The zero-order chi connectivity index (χ0) is 13.8. The molecule has 2 aliphatic rings. The minimum Gasteiger partial charge on any atom is -0.484 e. The Labute approximate surface area is 119 Å². The molecule has 0 spiro atoms. The van der Waals surface area contributed by atoms with Crippen LogP contribution in [0.25, 0.3) is 0 Å². The van der Waals surface area contributed by atoms with Crippen LogP contribution in [0.5, 0.6) is 11.5 Å². The van der Waals surface area contributed by atoms with Crippen molar-refractivity contribution in [1.82, 2.24) is 10.2 Å². The van der Waals surface area contributed by atoms with Crippen LogP contribution in [0.3, 0.4) is 0 Å². The van der Waals surface area contributed by atoms with Crippen LogP contribution < -0.4 is 14.8 Å². The highest BCUT2D eigenvalue weighted by atomic mass is 16.6. The molecule has 1 aromatic carbocycles. The van der Waals surface area contributed by atoms with Crippen LogP contribution in [0, 0.1) is 0 Å². The molecule has 110 valence electrons. The first kappa shape index (κ1) is 13.7. The highest BCUT2D eigenvalue weighted by Crippen LogP contribution is 2.32. The van der Waals surface area contributed by atoms with E-state index in [1.165, 1.54) is 0 Å². The van der Waals surface area contributed by atoms with Gasteiger partial charge in [0.05, 0.1) is 6.61 Å². The van der Waals surface area contributed by atoms with Crippen molar-refractivity contribution in [2.24, 2.45) is 0 Å². The van der Waals surface area contributed by atoms with Gasteiger partial charge in [0.15, 0.2) is 17.7 Å². The zero-order valence-corrected chi connectivity index (χ0v) is 11.6. The summed E-state index contributed by atoms with van der Waals surface area (Å²) in [6.07, 6.45) is 2.06. The summed E-state index contributed by atoms with van der Waals surface area (Å²) in [5.74, 6) is 1.60. The molecule has 3 rings (SSSR count). The summed E-state index contributed by atoms with van der Waals surface area (Å²) >= 11 is 0. The van der Waals surface area contributed by atoms with Gasteiger partial charge in [-0.2, -0.15) is 0 Å². The SMILES string of the molecule is OCCN(C1CCNCC1)C1COc2ccccc2O1. The number of hydrogen-bond acceptors (Lipinski definition) is 5. The van der Waals surface area contributed by atoms with Gasteiger partial charge in [-0.3, -0.25) is 4.90 Å². The van der Waals surface area contributed by atoms with Gasteiger partial charge in [-0.25, -0.2) is 0 Å². The van der Waals surface area contributed by atoms with E-state index in [-0.39, 0.29) is 12.8 Å². The van der Waals surface area contributed by atoms with Gasteiger partial charge >= 0.3 is 0 Å². The van der Waals surface area contributed by atoms with Gasteiger partial charge < -0.3 is 19.9 Å². The third-order valence-corrected chi connectivity index (χ3v) is 4.00. The predicted molar refractivity (Wildman–Crippen MR) is 76.0 cm³/mol. The van der Waals surface area contributed by atoms with Crippen molar-refractivity contribution in [2.75, 3.05) is 32.8 Å². The molecule has 20 heavy (non-hydrogen) atoms. The average Bonchev–Trinajstić information content (AvgIpc) is 2.53. The smallest absolute Gasteiger partial charge is 0.187 e.